The normalized spacial score (nSPS) is 23.9. The zero-order valence-corrected chi connectivity index (χ0v) is 10.8. The highest BCUT2D eigenvalue weighted by molar-refractivity contribution is 5.78. The summed E-state index contributed by atoms with van der Waals surface area (Å²) in [5.41, 5.74) is 5.89. The van der Waals surface area contributed by atoms with E-state index in [0.717, 1.165) is 31.5 Å². The van der Waals surface area contributed by atoms with E-state index in [1.54, 1.807) is 6.33 Å². The third kappa shape index (κ3) is 3.29. The molecule has 1 aromatic rings. The van der Waals surface area contributed by atoms with Gasteiger partial charge < -0.3 is 15.6 Å². The molecule has 0 aromatic carbocycles. The van der Waals surface area contributed by atoms with E-state index >= 15 is 0 Å². The summed E-state index contributed by atoms with van der Waals surface area (Å²) in [6, 6.07) is 0.188. The van der Waals surface area contributed by atoms with Gasteiger partial charge in [0.2, 0.25) is 5.91 Å². The Hall–Kier alpha value is -1.43. The van der Waals surface area contributed by atoms with E-state index in [1.165, 1.54) is 0 Å². The van der Waals surface area contributed by atoms with E-state index in [2.05, 4.69) is 15.5 Å². The summed E-state index contributed by atoms with van der Waals surface area (Å²) in [4.78, 5) is 11.9. The van der Waals surface area contributed by atoms with Crippen LogP contribution >= 0.6 is 0 Å². The number of nitrogens with two attached hydrogens (primary N) is 1. The number of hydrogen-bond acceptors (Lipinski definition) is 4. The van der Waals surface area contributed by atoms with E-state index in [1.807, 2.05) is 11.6 Å². The van der Waals surface area contributed by atoms with Crippen molar-refractivity contribution in [2.45, 2.75) is 38.1 Å². The van der Waals surface area contributed by atoms with Crippen molar-refractivity contribution in [3.63, 3.8) is 0 Å². The van der Waals surface area contributed by atoms with Gasteiger partial charge in [-0.15, -0.1) is 10.2 Å². The van der Waals surface area contributed by atoms with Crippen LogP contribution in [0.2, 0.25) is 0 Å². The second-order valence-corrected chi connectivity index (χ2v) is 5.02. The second-order valence-electron chi connectivity index (χ2n) is 5.02. The number of aryl methyl sites for hydroxylation is 1. The number of aromatic nitrogens is 3. The Labute approximate surface area is 107 Å². The van der Waals surface area contributed by atoms with Gasteiger partial charge in [0.1, 0.15) is 12.2 Å². The zero-order valence-electron chi connectivity index (χ0n) is 10.8. The Kier molecular flexibility index (Phi) is 4.30. The summed E-state index contributed by atoms with van der Waals surface area (Å²) in [5, 5.41) is 10.7. The van der Waals surface area contributed by atoms with E-state index in [9.17, 15) is 4.79 Å². The molecule has 1 amide bonds. The first kappa shape index (κ1) is 13.0. The minimum absolute atomic E-state index is 0.0910. The van der Waals surface area contributed by atoms with Gasteiger partial charge in [-0.3, -0.25) is 4.79 Å². The number of nitrogens with zero attached hydrogens (tertiary/aromatic N) is 3. The monoisotopic (exact) mass is 251 g/mol. The Morgan fingerprint density at radius 2 is 2.44 bits per heavy atom. The largest absolute Gasteiger partial charge is 0.355 e. The van der Waals surface area contributed by atoms with Crippen LogP contribution in [-0.4, -0.2) is 33.3 Å². The Balaban J connectivity index is 1.73. The molecule has 0 radical (unpaired) electrons. The van der Waals surface area contributed by atoms with Crippen molar-refractivity contribution in [1.82, 2.24) is 20.1 Å². The highest BCUT2D eigenvalue weighted by Gasteiger charge is 2.24. The van der Waals surface area contributed by atoms with Crippen molar-refractivity contribution in [2.24, 2.45) is 18.7 Å². The molecule has 1 aliphatic carbocycles. The van der Waals surface area contributed by atoms with Crippen LogP contribution in [0.15, 0.2) is 6.33 Å². The van der Waals surface area contributed by atoms with Crippen molar-refractivity contribution in [1.29, 1.82) is 0 Å². The number of hydrogen-bond donors (Lipinski definition) is 2. The fourth-order valence-electron chi connectivity index (χ4n) is 2.44. The molecular weight excluding hydrogens is 230 g/mol. The Morgan fingerprint density at radius 3 is 3.11 bits per heavy atom. The Bertz CT molecular complexity index is 403. The van der Waals surface area contributed by atoms with Gasteiger partial charge in [-0.2, -0.15) is 0 Å². The fraction of sp³-hybridized carbons (Fsp3) is 0.750. The highest BCUT2D eigenvalue weighted by Crippen LogP contribution is 2.22. The van der Waals surface area contributed by atoms with Crippen LogP contribution in [0.5, 0.6) is 0 Å². The lowest BCUT2D eigenvalue weighted by Crippen LogP contribution is -2.38. The first-order chi connectivity index (χ1) is 8.66. The molecule has 6 heteroatoms. The van der Waals surface area contributed by atoms with E-state index in [0.29, 0.717) is 13.0 Å². The predicted octanol–water partition coefficient (Wildman–Crippen LogP) is -0.00870. The number of amides is 1. The fourth-order valence-corrected chi connectivity index (χ4v) is 2.44. The third-order valence-electron chi connectivity index (χ3n) is 3.54. The smallest absolute Gasteiger partial charge is 0.223 e. The number of rotatable bonds is 4. The maximum atomic E-state index is 11.9. The van der Waals surface area contributed by atoms with Crippen LogP contribution in [0.4, 0.5) is 0 Å². The second kappa shape index (κ2) is 5.95. The van der Waals surface area contributed by atoms with Gasteiger partial charge >= 0.3 is 0 Å². The predicted molar refractivity (Wildman–Crippen MR) is 67.7 cm³/mol. The molecule has 2 unspecified atom stereocenters. The third-order valence-corrected chi connectivity index (χ3v) is 3.54. The molecule has 0 aliphatic heterocycles. The number of nitrogens with one attached hydrogen (secondary N) is 1. The molecule has 0 saturated heterocycles. The van der Waals surface area contributed by atoms with Gasteiger partial charge in [0, 0.05) is 32.0 Å². The summed E-state index contributed by atoms with van der Waals surface area (Å²) in [6.07, 6.45) is 6.25. The molecule has 1 fully saturated rings. The maximum Gasteiger partial charge on any atom is 0.223 e. The van der Waals surface area contributed by atoms with Crippen LogP contribution in [0.25, 0.3) is 0 Å². The van der Waals surface area contributed by atoms with E-state index in [-0.39, 0.29) is 17.9 Å². The van der Waals surface area contributed by atoms with Crippen LogP contribution in [0, 0.1) is 5.92 Å². The maximum absolute atomic E-state index is 11.9. The number of carbonyl (C=O) groups excluding carboxylic acids is 1. The standard InChI is InChI=1S/C12H21N5O/c1-17-8-15-16-11(17)5-6-14-12(18)9-3-2-4-10(13)7-9/h8-10H,2-7,13H2,1H3,(H,14,18). The minimum Gasteiger partial charge on any atom is -0.355 e. The lowest BCUT2D eigenvalue weighted by Gasteiger charge is -2.25. The molecule has 1 aromatic heterocycles. The van der Waals surface area contributed by atoms with Gasteiger partial charge in [0.15, 0.2) is 0 Å². The first-order valence-electron chi connectivity index (χ1n) is 6.53. The Morgan fingerprint density at radius 1 is 1.61 bits per heavy atom. The van der Waals surface area contributed by atoms with Crippen molar-refractivity contribution in [3.05, 3.63) is 12.2 Å². The quantitative estimate of drug-likeness (QED) is 0.788. The molecule has 0 spiro atoms. The molecule has 1 aliphatic rings. The molecule has 2 atom stereocenters. The van der Waals surface area contributed by atoms with Gasteiger partial charge in [-0.25, -0.2) is 0 Å². The SMILES string of the molecule is Cn1cnnc1CCNC(=O)C1CCCC(N)C1. The summed E-state index contributed by atoms with van der Waals surface area (Å²) in [5.74, 6) is 1.11. The zero-order chi connectivity index (χ0) is 13.0. The summed E-state index contributed by atoms with van der Waals surface area (Å²) in [7, 11) is 1.90. The van der Waals surface area contributed by atoms with Gasteiger partial charge in [-0.05, 0) is 19.3 Å². The topological polar surface area (TPSA) is 85.8 Å². The minimum atomic E-state index is 0.0910. The highest BCUT2D eigenvalue weighted by atomic mass is 16.1. The molecule has 100 valence electrons. The van der Waals surface area contributed by atoms with Crippen LogP contribution < -0.4 is 11.1 Å². The van der Waals surface area contributed by atoms with Crippen molar-refractivity contribution >= 4 is 5.91 Å². The summed E-state index contributed by atoms with van der Waals surface area (Å²) < 4.78 is 1.86. The molecule has 1 saturated carbocycles. The molecule has 6 nitrogen and oxygen atoms in total. The molecular formula is C12H21N5O. The van der Waals surface area contributed by atoms with Gasteiger partial charge in [0.25, 0.3) is 0 Å². The summed E-state index contributed by atoms with van der Waals surface area (Å²) >= 11 is 0. The molecule has 1 heterocycles. The first-order valence-corrected chi connectivity index (χ1v) is 6.53. The van der Waals surface area contributed by atoms with Crippen LogP contribution in [-0.2, 0) is 18.3 Å². The average molecular weight is 251 g/mol. The van der Waals surface area contributed by atoms with Crippen molar-refractivity contribution in [3.8, 4) is 0 Å². The van der Waals surface area contributed by atoms with Crippen LogP contribution in [0.3, 0.4) is 0 Å². The lowest BCUT2D eigenvalue weighted by molar-refractivity contribution is -0.126. The van der Waals surface area contributed by atoms with Crippen LogP contribution in [0.1, 0.15) is 31.5 Å². The van der Waals surface area contributed by atoms with E-state index < -0.39 is 0 Å². The lowest BCUT2D eigenvalue weighted by atomic mass is 9.85. The summed E-state index contributed by atoms with van der Waals surface area (Å²) in [6.45, 7) is 0.608. The molecule has 2 rings (SSSR count). The van der Waals surface area contributed by atoms with E-state index in [4.69, 9.17) is 5.73 Å². The van der Waals surface area contributed by atoms with Gasteiger partial charge in [-0.1, -0.05) is 6.42 Å². The molecule has 0 bridgehead atoms. The van der Waals surface area contributed by atoms with Crippen molar-refractivity contribution < 1.29 is 4.79 Å². The van der Waals surface area contributed by atoms with Gasteiger partial charge in [0.05, 0.1) is 0 Å². The molecule has 3 N–H and O–H groups in total. The number of carbonyl (C=O) groups is 1. The molecule has 18 heavy (non-hydrogen) atoms. The average Bonchev–Trinajstić information content (AvgIpc) is 2.75. The van der Waals surface area contributed by atoms with Crippen molar-refractivity contribution in [2.75, 3.05) is 6.54 Å².